The number of rotatable bonds is 10. The summed E-state index contributed by atoms with van der Waals surface area (Å²) in [5, 5.41) is -0.0816. The van der Waals surface area contributed by atoms with Crippen LogP contribution in [0.1, 0.15) is 58.1 Å². The molecule has 2 aromatic carbocycles. The fourth-order valence-corrected chi connectivity index (χ4v) is 5.29. The van der Waals surface area contributed by atoms with E-state index < -0.39 is 89.5 Å². The number of carbonyl (C=O) groups excluding carboxylic acids is 6. The molecule has 19 heteroatoms. The highest BCUT2D eigenvalue weighted by atomic mass is 35.5. The molecule has 3 heterocycles. The zero-order valence-electron chi connectivity index (χ0n) is 28.3. The fourth-order valence-electron chi connectivity index (χ4n) is 5.15. The summed E-state index contributed by atoms with van der Waals surface area (Å²) in [5.74, 6) is -8.03. The van der Waals surface area contributed by atoms with Crippen molar-refractivity contribution in [1.82, 2.24) is 14.1 Å². The first kappa shape index (κ1) is 38.7. The molecule has 4 aromatic rings. The van der Waals surface area contributed by atoms with Gasteiger partial charge in [0.2, 0.25) is 11.7 Å². The lowest BCUT2D eigenvalue weighted by molar-refractivity contribution is -0.166. The maximum Gasteiger partial charge on any atom is 0.344 e. The Morgan fingerprint density at radius 2 is 1.44 bits per heavy atom. The fraction of sp³-hybridized carbons (Fsp3) is 0.229. The van der Waals surface area contributed by atoms with E-state index >= 15 is 4.39 Å². The predicted molar refractivity (Wildman–Crippen MR) is 178 cm³/mol. The van der Waals surface area contributed by atoms with Gasteiger partial charge in [0.05, 0.1) is 23.5 Å². The number of nitrogens with zero attached hydrogens (tertiary/aromatic N) is 3. The van der Waals surface area contributed by atoms with Crippen LogP contribution in [0.5, 0.6) is 11.6 Å². The van der Waals surface area contributed by atoms with Crippen molar-refractivity contribution in [1.29, 1.82) is 0 Å². The van der Waals surface area contributed by atoms with Crippen molar-refractivity contribution >= 4 is 47.4 Å². The van der Waals surface area contributed by atoms with Crippen LogP contribution >= 0.6 is 11.6 Å². The minimum atomic E-state index is -1.81. The topological polar surface area (TPSA) is 215 Å². The van der Waals surface area contributed by atoms with Crippen molar-refractivity contribution in [2.24, 2.45) is 0 Å². The lowest BCUT2D eigenvalue weighted by Crippen LogP contribution is -2.48. The van der Waals surface area contributed by atoms with Gasteiger partial charge in [0.1, 0.15) is 17.7 Å². The molecule has 1 aliphatic rings. The molecule has 2 aromatic heterocycles. The number of halogens is 2. The first-order valence-corrected chi connectivity index (χ1v) is 16.0. The molecular weight excluding hydrogens is 741 g/mol. The minimum absolute atomic E-state index is 0.0816. The Hall–Kier alpha value is -6.53. The largest absolute Gasteiger partial charge is 0.463 e. The van der Waals surface area contributed by atoms with Crippen LogP contribution in [-0.2, 0) is 33.3 Å². The van der Waals surface area contributed by atoms with E-state index in [0.29, 0.717) is 10.8 Å². The Morgan fingerprint density at radius 3 is 2.11 bits per heavy atom. The normalized spacial score (nSPS) is 17.6. The van der Waals surface area contributed by atoms with Crippen molar-refractivity contribution in [3.8, 4) is 11.6 Å². The van der Waals surface area contributed by atoms with Gasteiger partial charge < -0.3 is 28.4 Å². The van der Waals surface area contributed by atoms with Gasteiger partial charge in [0, 0.05) is 32.4 Å². The van der Waals surface area contributed by atoms with Crippen molar-refractivity contribution in [2.45, 2.75) is 45.3 Å². The van der Waals surface area contributed by atoms with Crippen LogP contribution in [-0.4, -0.2) is 74.8 Å². The number of carbonyl (C=O) groups is 6. The van der Waals surface area contributed by atoms with Gasteiger partial charge in [-0.3, -0.25) is 28.5 Å². The third-order valence-corrected chi connectivity index (χ3v) is 7.72. The molecule has 4 atom stereocenters. The second-order valence-electron chi connectivity index (χ2n) is 11.3. The van der Waals surface area contributed by atoms with Gasteiger partial charge in [-0.05, 0) is 30.3 Å². The maximum atomic E-state index is 15.2. The number of pyridine rings is 1. The zero-order valence-corrected chi connectivity index (χ0v) is 29.0. The number of hydrogen-bond acceptors (Lipinski definition) is 15. The number of ether oxygens (including phenoxy) is 6. The molecule has 0 unspecified atom stereocenters. The van der Waals surface area contributed by atoms with E-state index in [9.17, 15) is 38.4 Å². The molecule has 1 fully saturated rings. The van der Waals surface area contributed by atoms with E-state index in [2.05, 4.69) is 4.98 Å². The van der Waals surface area contributed by atoms with Crippen molar-refractivity contribution in [2.75, 3.05) is 6.61 Å². The van der Waals surface area contributed by atoms with Gasteiger partial charge in [-0.2, -0.15) is 8.96 Å². The van der Waals surface area contributed by atoms with Gasteiger partial charge in [0.15, 0.2) is 24.2 Å². The number of hydrogen-bond donors (Lipinski definition) is 0. The lowest BCUT2D eigenvalue weighted by Gasteiger charge is -2.24. The summed E-state index contributed by atoms with van der Waals surface area (Å²) in [6, 6.07) is 13.5. The summed E-state index contributed by atoms with van der Waals surface area (Å²) in [6.07, 6.45) is -4.87. The highest BCUT2D eigenvalue weighted by molar-refractivity contribution is 6.32. The standard InChI is InChI=1S/C35H27ClFN3O14/c1-17(41)49-16-26-28(50-18(2)42)29(51-19(3)43)32(52-26)39-15-24(37)31(45)40(35(39)48)30(44)21-10-7-11-22(12-21)34(47)54-27-13-25(23(36)14-38-27)53-33(46)20-8-5-4-6-9-20/h4-15,26,28-29,32H,16H2,1-3H3/t26-,28-,29-,32-/m1/s1. The van der Waals surface area contributed by atoms with Crippen LogP contribution in [0.15, 0.2) is 82.6 Å². The second-order valence-corrected chi connectivity index (χ2v) is 11.7. The summed E-state index contributed by atoms with van der Waals surface area (Å²) in [7, 11) is 0. The Labute approximate surface area is 307 Å². The molecule has 1 saturated heterocycles. The summed E-state index contributed by atoms with van der Waals surface area (Å²) < 4.78 is 47.3. The Balaban J connectivity index is 1.44. The highest BCUT2D eigenvalue weighted by Gasteiger charge is 2.51. The number of esters is 5. The molecule has 0 N–H and O–H groups in total. The first-order chi connectivity index (χ1) is 25.6. The Kier molecular flexibility index (Phi) is 11.8. The van der Waals surface area contributed by atoms with Gasteiger partial charge in [-0.1, -0.05) is 35.9 Å². The van der Waals surface area contributed by atoms with E-state index in [0.717, 1.165) is 45.2 Å². The Bertz CT molecular complexity index is 2280. The van der Waals surface area contributed by atoms with Crippen LogP contribution in [0.25, 0.3) is 0 Å². The molecule has 1 aliphatic heterocycles. The average molecular weight is 768 g/mol. The zero-order chi connectivity index (χ0) is 39.3. The van der Waals surface area contributed by atoms with Gasteiger partial charge in [0.25, 0.3) is 11.5 Å². The number of benzene rings is 2. The van der Waals surface area contributed by atoms with Crippen molar-refractivity contribution in [3.63, 3.8) is 0 Å². The van der Waals surface area contributed by atoms with E-state index in [-0.39, 0.29) is 32.3 Å². The van der Waals surface area contributed by atoms with Crippen LogP contribution in [0, 0.1) is 5.82 Å². The lowest BCUT2D eigenvalue weighted by atomic mass is 10.1. The average Bonchev–Trinajstić information content (AvgIpc) is 3.45. The van der Waals surface area contributed by atoms with Gasteiger partial charge in [-0.25, -0.2) is 19.4 Å². The quantitative estimate of drug-likeness (QED) is 0.168. The molecular formula is C35H27ClFN3O14. The first-order valence-electron chi connectivity index (χ1n) is 15.6. The Morgan fingerprint density at radius 1 is 0.815 bits per heavy atom. The van der Waals surface area contributed by atoms with Crippen LogP contribution < -0.4 is 20.7 Å². The maximum absolute atomic E-state index is 15.2. The summed E-state index contributed by atoms with van der Waals surface area (Å²) >= 11 is 6.11. The molecule has 0 aliphatic carbocycles. The van der Waals surface area contributed by atoms with E-state index in [4.69, 9.17) is 40.0 Å². The van der Waals surface area contributed by atoms with Crippen molar-refractivity contribution < 1.29 is 61.6 Å². The SMILES string of the molecule is CC(=O)OC[C@H]1O[C@@H](n2cc(F)c(=O)n(C(=O)c3cccc(C(=O)Oc4cc(OC(=O)c5ccccc5)c(Cl)cn4)c3)c2=O)[C@H](OC(C)=O)[C@@H]1OC(C)=O. The minimum Gasteiger partial charge on any atom is -0.463 e. The molecule has 0 bridgehead atoms. The predicted octanol–water partition coefficient (Wildman–Crippen LogP) is 2.65. The smallest absolute Gasteiger partial charge is 0.344 e. The van der Waals surface area contributed by atoms with Crippen LogP contribution in [0.4, 0.5) is 4.39 Å². The van der Waals surface area contributed by atoms with Crippen molar-refractivity contribution in [3.05, 3.63) is 121 Å². The molecule has 0 spiro atoms. The summed E-state index contributed by atoms with van der Waals surface area (Å²) in [4.78, 5) is 105. The molecule has 280 valence electrons. The van der Waals surface area contributed by atoms with Crippen LogP contribution in [0.3, 0.4) is 0 Å². The molecule has 17 nitrogen and oxygen atoms in total. The van der Waals surface area contributed by atoms with Gasteiger partial charge >= 0.3 is 35.5 Å². The van der Waals surface area contributed by atoms with Gasteiger partial charge in [-0.15, -0.1) is 0 Å². The summed E-state index contributed by atoms with van der Waals surface area (Å²) in [5.41, 5.74) is -3.72. The number of aromatic nitrogens is 3. The monoisotopic (exact) mass is 767 g/mol. The highest BCUT2D eigenvalue weighted by Crippen LogP contribution is 2.34. The third-order valence-electron chi connectivity index (χ3n) is 7.44. The molecule has 54 heavy (non-hydrogen) atoms. The molecule has 0 radical (unpaired) electrons. The molecule has 5 rings (SSSR count). The second kappa shape index (κ2) is 16.4. The summed E-state index contributed by atoms with van der Waals surface area (Å²) in [6.45, 7) is 2.51. The third kappa shape index (κ3) is 8.73. The van der Waals surface area contributed by atoms with E-state index in [1.807, 2.05) is 0 Å². The van der Waals surface area contributed by atoms with E-state index in [1.165, 1.54) is 24.3 Å². The van der Waals surface area contributed by atoms with Crippen LogP contribution in [0.2, 0.25) is 5.02 Å². The molecule has 0 amide bonds. The molecule has 0 saturated carbocycles. The van der Waals surface area contributed by atoms with E-state index in [1.54, 1.807) is 18.2 Å².